The van der Waals surface area contributed by atoms with Gasteiger partial charge >= 0.3 is 0 Å². The summed E-state index contributed by atoms with van der Waals surface area (Å²) in [6, 6.07) is 2.46. The van der Waals surface area contributed by atoms with Crippen molar-refractivity contribution in [2.24, 2.45) is 0 Å². The zero-order chi connectivity index (χ0) is 13.1. The van der Waals surface area contributed by atoms with E-state index in [0.717, 1.165) is 5.82 Å². The SMILES string of the molecule is Cc1nccn1CCNc1c(F)cc(Br)cc1F. The highest BCUT2D eigenvalue weighted by Crippen LogP contribution is 2.23. The third kappa shape index (κ3) is 2.87. The minimum atomic E-state index is -0.607. The van der Waals surface area contributed by atoms with E-state index in [2.05, 4.69) is 26.2 Å². The predicted molar refractivity (Wildman–Crippen MR) is 69.5 cm³/mol. The van der Waals surface area contributed by atoms with E-state index in [1.807, 2.05) is 17.7 Å². The Kier molecular flexibility index (Phi) is 3.96. The van der Waals surface area contributed by atoms with Gasteiger partial charge in [0.2, 0.25) is 0 Å². The van der Waals surface area contributed by atoms with Crippen molar-refractivity contribution < 1.29 is 8.78 Å². The van der Waals surface area contributed by atoms with Crippen molar-refractivity contribution in [1.29, 1.82) is 0 Å². The van der Waals surface area contributed by atoms with Gasteiger partial charge in [-0.1, -0.05) is 15.9 Å². The molecule has 0 radical (unpaired) electrons. The molecule has 1 heterocycles. The first-order valence-corrected chi connectivity index (χ1v) is 6.23. The summed E-state index contributed by atoms with van der Waals surface area (Å²) in [7, 11) is 0. The van der Waals surface area contributed by atoms with Crippen molar-refractivity contribution in [2.75, 3.05) is 11.9 Å². The maximum absolute atomic E-state index is 13.5. The van der Waals surface area contributed by atoms with Crippen molar-refractivity contribution >= 4 is 21.6 Å². The fraction of sp³-hybridized carbons (Fsp3) is 0.250. The van der Waals surface area contributed by atoms with E-state index in [-0.39, 0.29) is 5.69 Å². The largest absolute Gasteiger partial charge is 0.379 e. The van der Waals surface area contributed by atoms with Gasteiger partial charge in [0.05, 0.1) is 0 Å². The van der Waals surface area contributed by atoms with Gasteiger partial charge in [0.15, 0.2) is 0 Å². The second-order valence-corrected chi connectivity index (χ2v) is 4.75. The molecule has 0 aliphatic carbocycles. The molecule has 0 spiro atoms. The van der Waals surface area contributed by atoms with Crippen LogP contribution in [-0.4, -0.2) is 16.1 Å². The fourth-order valence-corrected chi connectivity index (χ4v) is 2.05. The van der Waals surface area contributed by atoms with Crippen LogP contribution < -0.4 is 5.32 Å². The highest BCUT2D eigenvalue weighted by atomic mass is 79.9. The first-order chi connectivity index (χ1) is 8.58. The van der Waals surface area contributed by atoms with E-state index in [4.69, 9.17) is 0 Å². The van der Waals surface area contributed by atoms with Gasteiger partial charge in [-0.15, -0.1) is 0 Å². The van der Waals surface area contributed by atoms with Crippen LogP contribution in [0.4, 0.5) is 14.5 Å². The molecule has 0 atom stereocenters. The van der Waals surface area contributed by atoms with Crippen LogP contribution in [0.3, 0.4) is 0 Å². The maximum atomic E-state index is 13.5. The van der Waals surface area contributed by atoms with Crippen LogP contribution in [0.25, 0.3) is 0 Å². The Morgan fingerprint density at radius 1 is 1.33 bits per heavy atom. The number of rotatable bonds is 4. The van der Waals surface area contributed by atoms with Gasteiger partial charge in [0.1, 0.15) is 23.1 Å². The van der Waals surface area contributed by atoms with Crippen LogP contribution in [0.5, 0.6) is 0 Å². The first kappa shape index (κ1) is 13.0. The summed E-state index contributed by atoms with van der Waals surface area (Å²) >= 11 is 3.04. The summed E-state index contributed by atoms with van der Waals surface area (Å²) in [6.07, 6.45) is 3.52. The summed E-state index contributed by atoms with van der Waals surface area (Å²) in [5, 5.41) is 2.75. The van der Waals surface area contributed by atoms with Gasteiger partial charge in [0.25, 0.3) is 0 Å². The number of nitrogens with zero attached hydrogens (tertiary/aromatic N) is 2. The number of aromatic nitrogens is 2. The number of aryl methyl sites for hydroxylation is 1. The molecule has 0 aliphatic heterocycles. The smallest absolute Gasteiger partial charge is 0.150 e. The minimum Gasteiger partial charge on any atom is -0.379 e. The molecular formula is C12H12BrF2N3. The lowest BCUT2D eigenvalue weighted by atomic mass is 10.3. The van der Waals surface area contributed by atoms with Crippen molar-refractivity contribution in [3.63, 3.8) is 0 Å². The molecule has 96 valence electrons. The molecule has 6 heteroatoms. The van der Waals surface area contributed by atoms with E-state index in [1.54, 1.807) is 6.20 Å². The van der Waals surface area contributed by atoms with Gasteiger partial charge in [0, 0.05) is 30.0 Å². The molecule has 3 nitrogen and oxygen atoms in total. The fourth-order valence-electron chi connectivity index (χ4n) is 1.65. The topological polar surface area (TPSA) is 29.9 Å². The molecule has 1 N–H and O–H groups in total. The lowest BCUT2D eigenvalue weighted by Gasteiger charge is -2.10. The number of anilines is 1. The molecule has 0 saturated heterocycles. The molecule has 1 aromatic heterocycles. The molecule has 0 unspecified atom stereocenters. The first-order valence-electron chi connectivity index (χ1n) is 5.44. The molecule has 2 rings (SSSR count). The predicted octanol–water partition coefficient (Wildman–Crippen LogP) is 3.34. The molecule has 1 aromatic carbocycles. The Morgan fingerprint density at radius 3 is 2.56 bits per heavy atom. The van der Waals surface area contributed by atoms with Crippen LogP contribution in [0.2, 0.25) is 0 Å². The monoisotopic (exact) mass is 315 g/mol. The van der Waals surface area contributed by atoms with Crippen molar-refractivity contribution in [2.45, 2.75) is 13.5 Å². The molecule has 0 bridgehead atoms. The van der Waals surface area contributed by atoms with Crippen molar-refractivity contribution in [3.05, 3.63) is 46.5 Å². The van der Waals surface area contributed by atoms with E-state index in [0.29, 0.717) is 17.6 Å². The second-order valence-electron chi connectivity index (χ2n) is 3.84. The minimum absolute atomic E-state index is 0.101. The zero-order valence-corrected chi connectivity index (χ0v) is 11.3. The zero-order valence-electron chi connectivity index (χ0n) is 9.75. The van der Waals surface area contributed by atoms with Crippen LogP contribution >= 0.6 is 15.9 Å². The van der Waals surface area contributed by atoms with E-state index in [9.17, 15) is 8.78 Å². The Labute approximate surface area is 112 Å². The number of halogens is 3. The van der Waals surface area contributed by atoms with Gasteiger partial charge < -0.3 is 9.88 Å². The van der Waals surface area contributed by atoms with Crippen LogP contribution in [0.1, 0.15) is 5.82 Å². The van der Waals surface area contributed by atoms with Gasteiger partial charge in [-0.05, 0) is 19.1 Å². The lowest BCUT2D eigenvalue weighted by Crippen LogP contribution is -2.13. The molecule has 18 heavy (non-hydrogen) atoms. The van der Waals surface area contributed by atoms with Crippen LogP contribution in [0, 0.1) is 18.6 Å². The second kappa shape index (κ2) is 5.48. The summed E-state index contributed by atoms with van der Waals surface area (Å²) in [5.74, 6) is -0.345. The Morgan fingerprint density at radius 2 is 2.00 bits per heavy atom. The van der Waals surface area contributed by atoms with E-state index >= 15 is 0 Å². The van der Waals surface area contributed by atoms with Crippen molar-refractivity contribution in [1.82, 2.24) is 9.55 Å². The number of imidazole rings is 1. The number of nitrogens with one attached hydrogen (secondary N) is 1. The number of benzene rings is 1. The van der Waals surface area contributed by atoms with Crippen LogP contribution in [0.15, 0.2) is 29.0 Å². The van der Waals surface area contributed by atoms with Gasteiger partial charge in [-0.2, -0.15) is 0 Å². The molecule has 0 amide bonds. The highest BCUT2D eigenvalue weighted by molar-refractivity contribution is 9.10. The summed E-state index contributed by atoms with van der Waals surface area (Å²) in [5.41, 5.74) is -0.101. The maximum Gasteiger partial charge on any atom is 0.150 e. The Hall–Kier alpha value is -1.43. The molecule has 0 fully saturated rings. The number of hydrogen-bond donors (Lipinski definition) is 1. The average Bonchev–Trinajstić information content (AvgIpc) is 2.68. The quantitative estimate of drug-likeness (QED) is 0.937. The molecular weight excluding hydrogens is 304 g/mol. The number of hydrogen-bond acceptors (Lipinski definition) is 2. The normalized spacial score (nSPS) is 10.7. The van der Waals surface area contributed by atoms with E-state index in [1.165, 1.54) is 12.1 Å². The summed E-state index contributed by atoms with van der Waals surface area (Å²) < 4.78 is 29.3. The molecule has 2 aromatic rings. The van der Waals surface area contributed by atoms with Gasteiger partial charge in [-0.3, -0.25) is 0 Å². The standard InChI is InChI=1S/C12H12BrF2N3/c1-8-16-2-4-18(8)5-3-17-12-10(14)6-9(13)7-11(12)15/h2,4,6-7,17H,3,5H2,1H3. The van der Waals surface area contributed by atoms with Gasteiger partial charge in [-0.25, -0.2) is 13.8 Å². The van der Waals surface area contributed by atoms with Crippen molar-refractivity contribution in [3.8, 4) is 0 Å². The third-order valence-corrected chi connectivity index (χ3v) is 3.04. The van der Waals surface area contributed by atoms with Crippen LogP contribution in [-0.2, 0) is 6.54 Å². The van der Waals surface area contributed by atoms with E-state index < -0.39 is 11.6 Å². The summed E-state index contributed by atoms with van der Waals surface area (Å²) in [4.78, 5) is 4.07. The average molecular weight is 316 g/mol. The lowest BCUT2D eigenvalue weighted by molar-refractivity contribution is 0.584. The molecule has 0 saturated carbocycles. The third-order valence-electron chi connectivity index (χ3n) is 2.59. The molecule has 0 aliphatic rings. The highest BCUT2D eigenvalue weighted by Gasteiger charge is 2.09. The summed E-state index contributed by atoms with van der Waals surface area (Å²) in [6.45, 7) is 2.90. The Balaban J connectivity index is 2.01. The Bertz CT molecular complexity index is 531.